The van der Waals surface area contributed by atoms with Crippen LogP contribution < -0.4 is 5.56 Å². The maximum Gasteiger partial charge on any atom is 0.254 e. The lowest BCUT2D eigenvalue weighted by molar-refractivity contribution is 0.298. The Hall–Kier alpha value is -0.460. The van der Waals surface area contributed by atoms with Crippen molar-refractivity contribution in [1.29, 1.82) is 0 Å². The van der Waals surface area contributed by atoms with E-state index in [4.69, 9.17) is 5.11 Å². The number of aromatic amines is 1. The van der Waals surface area contributed by atoms with E-state index in [0.717, 1.165) is 23.0 Å². The van der Waals surface area contributed by atoms with Crippen molar-refractivity contribution in [3.05, 3.63) is 27.4 Å². The van der Waals surface area contributed by atoms with Crippen molar-refractivity contribution < 1.29 is 5.11 Å². The molecule has 2 heterocycles. The number of aryl methyl sites for hydroxylation is 1. The van der Waals surface area contributed by atoms with Crippen LogP contribution in [0.2, 0.25) is 0 Å². The highest BCUT2D eigenvalue weighted by molar-refractivity contribution is 8.06. The Morgan fingerprint density at radius 1 is 1.53 bits per heavy atom. The summed E-state index contributed by atoms with van der Waals surface area (Å²) in [4.78, 5) is 19.2. The van der Waals surface area contributed by atoms with Gasteiger partial charge >= 0.3 is 0 Å². The van der Waals surface area contributed by atoms with Gasteiger partial charge in [-0.05, 0) is 6.92 Å². The maximum absolute atomic E-state index is 11.9. The second-order valence-corrected chi connectivity index (χ2v) is 6.38. The Bertz CT molecular complexity index is 442. The Kier molecular flexibility index (Phi) is 4.53. The van der Waals surface area contributed by atoms with Crippen LogP contribution in [0.1, 0.15) is 22.3 Å². The molecular formula is C11H16N2O2S2. The number of nitrogens with one attached hydrogen (secondary N) is 1. The van der Waals surface area contributed by atoms with Gasteiger partial charge in [0.2, 0.25) is 0 Å². The highest BCUT2D eigenvalue weighted by Gasteiger charge is 2.20. The highest BCUT2D eigenvalue weighted by atomic mass is 32.2. The first-order valence-corrected chi connectivity index (χ1v) is 7.82. The standard InChI is InChI=1S/C11H16N2O2S2/c1-7-8(2-3-14)11(15)13-10(12-7)9-6-16-4-5-17-9/h9,14H,2-6H2,1H3,(H,12,13,15). The smallest absolute Gasteiger partial charge is 0.254 e. The third-order valence-corrected chi connectivity index (χ3v) is 5.49. The fraction of sp³-hybridized carbons (Fsp3) is 0.636. The van der Waals surface area contributed by atoms with Gasteiger partial charge < -0.3 is 10.1 Å². The number of aliphatic hydroxyl groups excluding tert-OH is 1. The maximum atomic E-state index is 11.9. The zero-order valence-electron chi connectivity index (χ0n) is 9.73. The van der Waals surface area contributed by atoms with Gasteiger partial charge in [0, 0.05) is 41.5 Å². The molecule has 1 fully saturated rings. The largest absolute Gasteiger partial charge is 0.396 e. The minimum absolute atomic E-state index is 0.0149. The number of H-pyrrole nitrogens is 1. The van der Waals surface area contributed by atoms with Crippen molar-refractivity contribution >= 4 is 23.5 Å². The molecule has 0 aliphatic carbocycles. The molecule has 1 aliphatic heterocycles. The molecule has 6 heteroatoms. The molecule has 0 aromatic carbocycles. The molecule has 0 radical (unpaired) electrons. The van der Waals surface area contributed by atoms with Crippen LogP contribution >= 0.6 is 23.5 Å². The summed E-state index contributed by atoms with van der Waals surface area (Å²) in [5.41, 5.74) is 1.25. The first-order valence-electron chi connectivity index (χ1n) is 5.62. The summed E-state index contributed by atoms with van der Waals surface area (Å²) in [6.07, 6.45) is 0.376. The van der Waals surface area contributed by atoms with Crippen LogP contribution in [-0.2, 0) is 6.42 Å². The second kappa shape index (κ2) is 5.93. The Morgan fingerprint density at radius 3 is 2.94 bits per heavy atom. The van der Waals surface area contributed by atoms with Gasteiger partial charge in [0.25, 0.3) is 5.56 Å². The molecular weight excluding hydrogens is 256 g/mol. The molecule has 0 bridgehead atoms. The summed E-state index contributed by atoms with van der Waals surface area (Å²) in [6.45, 7) is 1.82. The van der Waals surface area contributed by atoms with Gasteiger partial charge in [-0.3, -0.25) is 4.79 Å². The first-order chi connectivity index (χ1) is 8.22. The fourth-order valence-corrected chi connectivity index (χ4v) is 4.46. The van der Waals surface area contributed by atoms with Crippen molar-refractivity contribution in [1.82, 2.24) is 9.97 Å². The van der Waals surface area contributed by atoms with E-state index in [2.05, 4.69) is 9.97 Å². The summed E-state index contributed by atoms with van der Waals surface area (Å²) in [5.74, 6) is 4.07. The predicted molar refractivity (Wildman–Crippen MR) is 72.9 cm³/mol. The van der Waals surface area contributed by atoms with Crippen LogP contribution in [0.3, 0.4) is 0 Å². The number of hydrogen-bond acceptors (Lipinski definition) is 5. The molecule has 2 N–H and O–H groups in total. The van der Waals surface area contributed by atoms with Crippen LogP contribution in [-0.4, -0.2) is 38.9 Å². The van der Waals surface area contributed by atoms with Gasteiger partial charge in [0.05, 0.1) is 5.25 Å². The summed E-state index contributed by atoms with van der Waals surface area (Å²) >= 11 is 3.75. The van der Waals surface area contributed by atoms with E-state index >= 15 is 0 Å². The van der Waals surface area contributed by atoms with Gasteiger partial charge in [-0.25, -0.2) is 4.98 Å². The van der Waals surface area contributed by atoms with Crippen molar-refractivity contribution in [3.63, 3.8) is 0 Å². The Labute approximate surface area is 109 Å². The number of rotatable bonds is 3. The minimum atomic E-state index is -0.0993. The number of aromatic nitrogens is 2. The summed E-state index contributed by atoms with van der Waals surface area (Å²) in [6, 6.07) is 0. The highest BCUT2D eigenvalue weighted by Crippen LogP contribution is 2.34. The number of aliphatic hydroxyl groups is 1. The average molecular weight is 272 g/mol. The van der Waals surface area contributed by atoms with E-state index in [-0.39, 0.29) is 12.2 Å². The molecule has 94 valence electrons. The molecule has 1 atom stereocenters. The van der Waals surface area contributed by atoms with Crippen molar-refractivity contribution in [2.75, 3.05) is 23.9 Å². The molecule has 1 aromatic heterocycles. The normalized spacial score (nSPS) is 20.5. The molecule has 1 saturated heterocycles. The van der Waals surface area contributed by atoms with Crippen LogP contribution in [0.15, 0.2) is 4.79 Å². The molecule has 1 unspecified atom stereocenters. The SMILES string of the molecule is Cc1nc(C2CSCCS2)[nH]c(=O)c1CCO. The summed E-state index contributed by atoms with van der Waals surface area (Å²) < 4.78 is 0. The van der Waals surface area contributed by atoms with E-state index in [1.807, 2.05) is 30.4 Å². The van der Waals surface area contributed by atoms with E-state index < -0.39 is 0 Å². The van der Waals surface area contributed by atoms with Gasteiger partial charge in [0.1, 0.15) is 5.82 Å². The van der Waals surface area contributed by atoms with E-state index in [1.54, 1.807) is 0 Å². The molecule has 1 aliphatic rings. The Balaban J connectivity index is 2.27. The van der Waals surface area contributed by atoms with Crippen molar-refractivity contribution in [2.24, 2.45) is 0 Å². The van der Waals surface area contributed by atoms with Crippen LogP contribution in [0.4, 0.5) is 0 Å². The number of nitrogens with zero attached hydrogens (tertiary/aromatic N) is 1. The van der Waals surface area contributed by atoms with Crippen molar-refractivity contribution in [2.45, 2.75) is 18.6 Å². The fourth-order valence-electron chi connectivity index (χ4n) is 1.84. The lowest BCUT2D eigenvalue weighted by atomic mass is 10.2. The lowest BCUT2D eigenvalue weighted by Gasteiger charge is -2.20. The zero-order valence-corrected chi connectivity index (χ0v) is 11.4. The number of thioether (sulfide) groups is 2. The van der Waals surface area contributed by atoms with Gasteiger partial charge in [-0.2, -0.15) is 11.8 Å². The van der Waals surface area contributed by atoms with Gasteiger partial charge in [-0.1, -0.05) is 0 Å². The second-order valence-electron chi connectivity index (χ2n) is 3.92. The topological polar surface area (TPSA) is 66.0 Å². The molecule has 17 heavy (non-hydrogen) atoms. The van der Waals surface area contributed by atoms with E-state index in [9.17, 15) is 4.79 Å². The zero-order chi connectivity index (χ0) is 12.3. The minimum Gasteiger partial charge on any atom is -0.396 e. The van der Waals surface area contributed by atoms with Crippen molar-refractivity contribution in [3.8, 4) is 0 Å². The predicted octanol–water partition coefficient (Wildman–Crippen LogP) is 1.13. The average Bonchev–Trinajstić information content (AvgIpc) is 2.35. The van der Waals surface area contributed by atoms with E-state index in [1.165, 1.54) is 5.75 Å². The first kappa shape index (κ1) is 13.0. The molecule has 2 rings (SSSR count). The number of hydrogen-bond donors (Lipinski definition) is 2. The summed E-state index contributed by atoms with van der Waals surface area (Å²) in [5, 5.41) is 9.19. The van der Waals surface area contributed by atoms with Gasteiger partial charge in [0.15, 0.2) is 0 Å². The molecule has 0 amide bonds. The van der Waals surface area contributed by atoms with Crippen LogP contribution in [0, 0.1) is 6.92 Å². The van der Waals surface area contributed by atoms with Crippen LogP contribution in [0.5, 0.6) is 0 Å². The van der Waals surface area contributed by atoms with Gasteiger partial charge in [-0.15, -0.1) is 11.8 Å². The molecule has 4 nitrogen and oxygen atoms in total. The molecule has 0 saturated carbocycles. The molecule has 0 spiro atoms. The quantitative estimate of drug-likeness (QED) is 0.863. The lowest BCUT2D eigenvalue weighted by Crippen LogP contribution is -2.22. The third kappa shape index (κ3) is 3.05. The Morgan fingerprint density at radius 2 is 2.35 bits per heavy atom. The molecule has 1 aromatic rings. The van der Waals surface area contributed by atoms with Crippen LogP contribution in [0.25, 0.3) is 0 Å². The summed E-state index contributed by atoms with van der Waals surface area (Å²) in [7, 11) is 0. The monoisotopic (exact) mass is 272 g/mol. The third-order valence-electron chi connectivity index (χ3n) is 2.72. The van der Waals surface area contributed by atoms with E-state index in [0.29, 0.717) is 17.2 Å².